The fourth-order valence-electron chi connectivity index (χ4n) is 3.79. The van der Waals surface area contributed by atoms with E-state index in [0.29, 0.717) is 31.9 Å². The number of carbonyl (C=O) groups excluding carboxylic acids is 1. The molecule has 12 heteroatoms. The van der Waals surface area contributed by atoms with Crippen molar-refractivity contribution >= 4 is 34.7 Å². The van der Waals surface area contributed by atoms with Gasteiger partial charge < -0.3 is 15.1 Å². The van der Waals surface area contributed by atoms with Crippen molar-refractivity contribution in [3.63, 3.8) is 0 Å². The minimum absolute atomic E-state index is 0.0702. The Hall–Kier alpha value is -3.47. The van der Waals surface area contributed by atoms with Gasteiger partial charge in [0.25, 0.3) is 5.91 Å². The van der Waals surface area contributed by atoms with E-state index >= 15 is 0 Å². The molecular formula is C24H19ClF6N4O. The Kier molecular flexibility index (Phi) is 7.03. The molecule has 3 aromatic rings. The van der Waals surface area contributed by atoms with Crippen molar-refractivity contribution in [2.24, 2.45) is 0 Å². The molecule has 2 heterocycles. The lowest BCUT2D eigenvalue weighted by molar-refractivity contribution is -0.138. The van der Waals surface area contributed by atoms with Gasteiger partial charge in [-0.25, -0.2) is 4.98 Å². The summed E-state index contributed by atoms with van der Waals surface area (Å²) in [6, 6.07) is 11.8. The van der Waals surface area contributed by atoms with Gasteiger partial charge in [-0.2, -0.15) is 26.3 Å². The lowest BCUT2D eigenvalue weighted by Crippen LogP contribution is -2.47. The fourth-order valence-corrected chi connectivity index (χ4v) is 4.08. The van der Waals surface area contributed by atoms with Crippen molar-refractivity contribution < 1.29 is 31.1 Å². The highest BCUT2D eigenvalue weighted by molar-refractivity contribution is 6.33. The van der Waals surface area contributed by atoms with Crippen molar-refractivity contribution in [3.05, 3.63) is 82.5 Å². The Labute approximate surface area is 207 Å². The summed E-state index contributed by atoms with van der Waals surface area (Å²) < 4.78 is 77.2. The van der Waals surface area contributed by atoms with Gasteiger partial charge in [0.1, 0.15) is 5.82 Å². The minimum Gasteiger partial charge on any atom is -0.368 e. The largest absolute Gasteiger partial charge is 0.417 e. The highest BCUT2D eigenvalue weighted by Gasteiger charge is 2.33. The number of benzene rings is 2. The second-order valence-corrected chi connectivity index (χ2v) is 8.49. The van der Waals surface area contributed by atoms with Crippen molar-refractivity contribution in [2.75, 3.05) is 41.3 Å². The SMILES string of the molecule is O=C(Nc1ccc(N2CCN(c3ncc(C(F)(F)F)cc3Cl)CC2)cc1)c1cccc(C(F)(F)F)c1. The number of anilines is 3. The molecule has 0 radical (unpaired) electrons. The number of alkyl halides is 6. The van der Waals surface area contributed by atoms with Crippen LogP contribution in [-0.4, -0.2) is 37.1 Å². The summed E-state index contributed by atoms with van der Waals surface area (Å²) in [5, 5.41) is 2.51. The zero-order valence-electron chi connectivity index (χ0n) is 18.5. The zero-order valence-corrected chi connectivity index (χ0v) is 19.3. The third-order valence-electron chi connectivity index (χ3n) is 5.67. The standard InChI is InChI=1S/C24H19ClF6N4O/c25-20-13-17(24(29,30)31)14-32-21(20)35-10-8-34(9-11-35)19-6-4-18(5-7-19)33-22(36)15-2-1-3-16(12-15)23(26,27)28/h1-7,12-14H,8-11H2,(H,33,36). The van der Waals surface area contributed by atoms with E-state index in [2.05, 4.69) is 10.3 Å². The van der Waals surface area contributed by atoms with Crippen LogP contribution in [-0.2, 0) is 12.4 Å². The summed E-state index contributed by atoms with van der Waals surface area (Å²) in [7, 11) is 0. The van der Waals surface area contributed by atoms with Gasteiger partial charge in [0, 0.05) is 49.3 Å². The molecule has 0 saturated carbocycles. The summed E-state index contributed by atoms with van der Waals surface area (Å²) in [5.74, 6) is -0.375. The molecule has 1 saturated heterocycles. The molecule has 1 aliphatic heterocycles. The van der Waals surface area contributed by atoms with E-state index in [0.717, 1.165) is 30.1 Å². The second kappa shape index (κ2) is 9.88. The van der Waals surface area contributed by atoms with Crippen LogP contribution in [0.1, 0.15) is 21.5 Å². The summed E-state index contributed by atoms with van der Waals surface area (Å²) in [5.41, 5.74) is -0.660. The highest BCUT2D eigenvalue weighted by atomic mass is 35.5. The van der Waals surface area contributed by atoms with Gasteiger partial charge in [0.2, 0.25) is 0 Å². The Bertz CT molecular complexity index is 1240. The van der Waals surface area contributed by atoms with E-state index in [1.165, 1.54) is 12.1 Å². The van der Waals surface area contributed by atoms with Crippen LogP contribution in [0.15, 0.2) is 60.8 Å². The van der Waals surface area contributed by atoms with E-state index in [4.69, 9.17) is 11.6 Å². The average molecular weight is 529 g/mol. The average Bonchev–Trinajstić information content (AvgIpc) is 2.84. The number of nitrogens with zero attached hydrogens (tertiary/aromatic N) is 3. The maximum atomic E-state index is 12.9. The first kappa shape index (κ1) is 25.6. The molecule has 0 atom stereocenters. The highest BCUT2D eigenvalue weighted by Crippen LogP contribution is 2.34. The smallest absolute Gasteiger partial charge is 0.368 e. The zero-order chi connectivity index (χ0) is 26.1. The molecule has 190 valence electrons. The Morgan fingerprint density at radius 3 is 2.03 bits per heavy atom. The van der Waals surface area contributed by atoms with Gasteiger partial charge in [-0.15, -0.1) is 0 Å². The van der Waals surface area contributed by atoms with Gasteiger partial charge >= 0.3 is 12.4 Å². The summed E-state index contributed by atoms with van der Waals surface area (Å²) in [6.07, 6.45) is -8.30. The first-order valence-corrected chi connectivity index (χ1v) is 11.1. The van der Waals surface area contributed by atoms with Gasteiger partial charge in [-0.3, -0.25) is 4.79 Å². The van der Waals surface area contributed by atoms with Crippen LogP contribution in [0.2, 0.25) is 5.02 Å². The lowest BCUT2D eigenvalue weighted by atomic mass is 10.1. The number of amides is 1. The minimum atomic E-state index is -4.55. The number of nitrogens with one attached hydrogen (secondary N) is 1. The number of pyridine rings is 1. The molecule has 1 aliphatic rings. The number of piperazine rings is 1. The van der Waals surface area contributed by atoms with Crippen molar-refractivity contribution in [2.45, 2.75) is 12.4 Å². The van der Waals surface area contributed by atoms with Crippen molar-refractivity contribution in [3.8, 4) is 0 Å². The van der Waals surface area contributed by atoms with E-state index in [1.54, 1.807) is 24.3 Å². The molecule has 2 aromatic carbocycles. The van der Waals surface area contributed by atoms with Crippen LogP contribution in [0.25, 0.3) is 0 Å². The monoisotopic (exact) mass is 528 g/mol. The molecular weight excluding hydrogens is 510 g/mol. The van der Waals surface area contributed by atoms with Gasteiger partial charge in [-0.1, -0.05) is 17.7 Å². The van der Waals surface area contributed by atoms with E-state index < -0.39 is 29.4 Å². The molecule has 0 spiro atoms. The van der Waals surface area contributed by atoms with Crippen LogP contribution >= 0.6 is 11.6 Å². The van der Waals surface area contributed by atoms with Crippen LogP contribution < -0.4 is 15.1 Å². The number of hydrogen-bond donors (Lipinski definition) is 1. The molecule has 1 amide bonds. The van der Waals surface area contributed by atoms with Crippen LogP contribution in [0.4, 0.5) is 43.5 Å². The Balaban J connectivity index is 1.36. The third kappa shape index (κ3) is 5.84. The maximum Gasteiger partial charge on any atom is 0.417 e. The summed E-state index contributed by atoms with van der Waals surface area (Å²) in [4.78, 5) is 20.1. The topological polar surface area (TPSA) is 48.5 Å². The second-order valence-electron chi connectivity index (χ2n) is 8.08. The normalized spacial score (nSPS) is 14.6. The number of aromatic nitrogens is 1. The Morgan fingerprint density at radius 2 is 1.44 bits per heavy atom. The molecule has 36 heavy (non-hydrogen) atoms. The predicted molar refractivity (Wildman–Crippen MR) is 125 cm³/mol. The van der Waals surface area contributed by atoms with Crippen LogP contribution in [0.5, 0.6) is 0 Å². The van der Waals surface area contributed by atoms with E-state index in [-0.39, 0.29) is 16.4 Å². The van der Waals surface area contributed by atoms with E-state index in [1.807, 2.05) is 9.80 Å². The van der Waals surface area contributed by atoms with E-state index in [9.17, 15) is 31.1 Å². The van der Waals surface area contributed by atoms with Gasteiger partial charge in [0.15, 0.2) is 0 Å². The van der Waals surface area contributed by atoms with Crippen LogP contribution in [0.3, 0.4) is 0 Å². The van der Waals surface area contributed by atoms with Gasteiger partial charge in [-0.05, 0) is 48.5 Å². The molecule has 0 unspecified atom stereocenters. The summed E-state index contributed by atoms with van der Waals surface area (Å²) >= 11 is 6.05. The maximum absolute atomic E-state index is 12.9. The number of halogens is 7. The molecule has 1 N–H and O–H groups in total. The molecule has 5 nitrogen and oxygen atoms in total. The van der Waals surface area contributed by atoms with Crippen LogP contribution in [0, 0.1) is 0 Å². The first-order valence-electron chi connectivity index (χ1n) is 10.7. The quantitative estimate of drug-likeness (QED) is 0.401. The molecule has 0 aliphatic carbocycles. The lowest BCUT2D eigenvalue weighted by Gasteiger charge is -2.37. The Morgan fingerprint density at radius 1 is 0.833 bits per heavy atom. The summed E-state index contributed by atoms with van der Waals surface area (Å²) in [6.45, 7) is 2.06. The fraction of sp³-hybridized carbons (Fsp3) is 0.250. The number of hydrogen-bond acceptors (Lipinski definition) is 4. The van der Waals surface area contributed by atoms with Crippen molar-refractivity contribution in [1.82, 2.24) is 4.98 Å². The predicted octanol–water partition coefficient (Wildman–Crippen LogP) is 6.35. The molecule has 1 fully saturated rings. The van der Waals surface area contributed by atoms with Gasteiger partial charge in [0.05, 0.1) is 16.1 Å². The molecule has 1 aromatic heterocycles. The number of carbonyl (C=O) groups is 1. The molecule has 4 rings (SSSR count). The number of rotatable bonds is 4. The van der Waals surface area contributed by atoms with Crippen molar-refractivity contribution in [1.29, 1.82) is 0 Å². The first-order chi connectivity index (χ1) is 16.9. The third-order valence-corrected chi connectivity index (χ3v) is 5.95. The molecule has 0 bridgehead atoms.